The van der Waals surface area contributed by atoms with Crippen molar-refractivity contribution < 1.29 is 4.39 Å². The smallest absolute Gasteiger partial charge is 0.302 e. The molecule has 0 atom stereocenters. The van der Waals surface area contributed by atoms with E-state index in [1.165, 1.54) is 28.1 Å². The van der Waals surface area contributed by atoms with Crippen LogP contribution < -0.4 is 11.2 Å². The number of rotatable bonds is 4. The van der Waals surface area contributed by atoms with E-state index in [2.05, 4.69) is 10.2 Å². The van der Waals surface area contributed by atoms with Crippen molar-refractivity contribution in [3.63, 3.8) is 0 Å². The van der Waals surface area contributed by atoms with E-state index in [0.29, 0.717) is 18.7 Å². The topological polar surface area (TPSA) is 79.1 Å². The van der Waals surface area contributed by atoms with Gasteiger partial charge in [0.05, 0.1) is 10.6 Å². The Kier molecular flexibility index (Phi) is 4.70. The minimum atomic E-state index is -0.578. The summed E-state index contributed by atoms with van der Waals surface area (Å²) in [5.74, 6) is -0.135. The van der Waals surface area contributed by atoms with Crippen LogP contribution in [-0.4, -0.2) is 28.3 Å². The molecule has 5 rings (SSSR count). The van der Waals surface area contributed by atoms with Gasteiger partial charge in [-0.3, -0.25) is 13.9 Å². The molecule has 0 saturated carbocycles. The quantitative estimate of drug-likeness (QED) is 0.420. The third-order valence-electron chi connectivity index (χ3n) is 5.63. The Morgan fingerprint density at radius 3 is 2.44 bits per heavy atom. The number of hydrogen-bond acceptors (Lipinski definition) is 4. The summed E-state index contributed by atoms with van der Waals surface area (Å²) in [6, 6.07) is 14.1. The molecule has 0 fully saturated rings. The average molecular weight is 453 g/mol. The van der Waals surface area contributed by atoms with Crippen LogP contribution in [0, 0.1) is 5.82 Å². The number of fused-ring (bicyclic) bond motifs is 3. The average Bonchev–Trinajstić information content (AvgIpc) is 3.34. The highest BCUT2D eigenvalue weighted by atomic mass is 35.5. The summed E-state index contributed by atoms with van der Waals surface area (Å²) in [5.41, 5.74) is 0.712. The summed E-state index contributed by atoms with van der Waals surface area (Å²) >= 11 is 6.29. The predicted octanol–water partition coefficient (Wildman–Crippen LogP) is 2.78. The molecule has 0 amide bonds. The van der Waals surface area contributed by atoms with Gasteiger partial charge in [-0.1, -0.05) is 48.0 Å². The Morgan fingerprint density at radius 1 is 0.969 bits per heavy atom. The fraction of sp³-hybridized carbons (Fsp3) is 0.182. The number of nitrogens with zero attached hydrogens (tertiary/aromatic N) is 6. The van der Waals surface area contributed by atoms with Gasteiger partial charge in [0.25, 0.3) is 5.56 Å². The molecule has 0 unspecified atom stereocenters. The maximum absolute atomic E-state index is 14.7. The van der Waals surface area contributed by atoms with Crippen molar-refractivity contribution >= 4 is 28.5 Å². The molecule has 0 bridgehead atoms. The molecule has 0 radical (unpaired) electrons. The summed E-state index contributed by atoms with van der Waals surface area (Å²) < 4.78 is 20.4. The van der Waals surface area contributed by atoms with E-state index in [0.717, 1.165) is 10.1 Å². The summed E-state index contributed by atoms with van der Waals surface area (Å²) in [7, 11) is 2.98. The second kappa shape index (κ2) is 7.45. The van der Waals surface area contributed by atoms with E-state index in [9.17, 15) is 14.0 Å². The van der Waals surface area contributed by atoms with Crippen molar-refractivity contribution in [3.05, 3.63) is 85.8 Å². The second-order valence-corrected chi connectivity index (χ2v) is 7.93. The van der Waals surface area contributed by atoms with E-state index in [1.54, 1.807) is 17.7 Å². The lowest BCUT2D eigenvalue weighted by Crippen LogP contribution is -2.37. The first kappa shape index (κ1) is 20.2. The highest BCUT2D eigenvalue weighted by Crippen LogP contribution is 2.31. The highest BCUT2D eigenvalue weighted by Gasteiger charge is 2.26. The molecule has 0 aliphatic heterocycles. The first-order chi connectivity index (χ1) is 15.4. The van der Waals surface area contributed by atoms with Crippen LogP contribution in [0.4, 0.5) is 4.39 Å². The van der Waals surface area contributed by atoms with Gasteiger partial charge >= 0.3 is 5.69 Å². The van der Waals surface area contributed by atoms with Gasteiger partial charge in [-0.25, -0.2) is 13.6 Å². The Labute approximate surface area is 185 Å². The van der Waals surface area contributed by atoms with Crippen LogP contribution in [0.1, 0.15) is 5.56 Å². The van der Waals surface area contributed by atoms with Crippen LogP contribution in [0.5, 0.6) is 0 Å². The van der Waals surface area contributed by atoms with Crippen LogP contribution in [0.2, 0.25) is 5.02 Å². The fourth-order valence-electron chi connectivity index (χ4n) is 4.02. The van der Waals surface area contributed by atoms with Crippen LogP contribution in [0.3, 0.4) is 0 Å². The number of aryl methyl sites for hydroxylation is 3. The SMILES string of the molecule is Cn1c(=O)c2c(n(C)c1=O)n1c(-c3c(F)cccc3Cl)nnc1n2CCc1ccccc1. The Morgan fingerprint density at radius 2 is 1.72 bits per heavy atom. The number of imidazole rings is 1. The van der Waals surface area contributed by atoms with Gasteiger partial charge < -0.3 is 4.57 Å². The molecular weight excluding hydrogens is 435 g/mol. The van der Waals surface area contributed by atoms with Crippen molar-refractivity contribution in [2.75, 3.05) is 0 Å². The molecular formula is C22H18ClFN6O2. The van der Waals surface area contributed by atoms with Crippen molar-refractivity contribution in [2.24, 2.45) is 14.1 Å². The Balaban J connectivity index is 1.86. The van der Waals surface area contributed by atoms with Gasteiger partial charge in [-0.05, 0) is 24.1 Å². The molecule has 0 spiro atoms. The van der Waals surface area contributed by atoms with Crippen molar-refractivity contribution in [1.29, 1.82) is 0 Å². The van der Waals surface area contributed by atoms with E-state index >= 15 is 0 Å². The monoisotopic (exact) mass is 452 g/mol. The molecule has 8 nitrogen and oxygen atoms in total. The maximum Gasteiger partial charge on any atom is 0.332 e. The molecule has 3 aromatic heterocycles. The summed E-state index contributed by atoms with van der Waals surface area (Å²) in [6.07, 6.45) is 0.620. The second-order valence-electron chi connectivity index (χ2n) is 7.52. The predicted molar refractivity (Wildman–Crippen MR) is 120 cm³/mol. The zero-order chi connectivity index (χ0) is 22.6. The van der Waals surface area contributed by atoms with Crippen molar-refractivity contribution in [1.82, 2.24) is 28.3 Å². The molecule has 162 valence electrons. The Bertz CT molecular complexity index is 1590. The lowest BCUT2D eigenvalue weighted by Gasteiger charge is -2.08. The molecule has 3 heterocycles. The third kappa shape index (κ3) is 2.89. The lowest BCUT2D eigenvalue weighted by molar-refractivity contribution is 0.629. The minimum Gasteiger partial charge on any atom is -0.302 e. The number of benzene rings is 2. The molecule has 32 heavy (non-hydrogen) atoms. The fourth-order valence-corrected chi connectivity index (χ4v) is 4.27. The zero-order valence-corrected chi connectivity index (χ0v) is 18.0. The van der Waals surface area contributed by atoms with Gasteiger partial charge in [0, 0.05) is 20.6 Å². The number of halogens is 2. The first-order valence-corrected chi connectivity index (χ1v) is 10.3. The van der Waals surface area contributed by atoms with Gasteiger partial charge in [0.2, 0.25) is 5.78 Å². The number of hydrogen-bond donors (Lipinski definition) is 0. The van der Waals surface area contributed by atoms with Gasteiger partial charge in [-0.15, -0.1) is 10.2 Å². The highest BCUT2D eigenvalue weighted by molar-refractivity contribution is 6.33. The summed E-state index contributed by atoms with van der Waals surface area (Å²) in [6.45, 7) is 0.410. The van der Waals surface area contributed by atoms with Crippen LogP contribution in [-0.2, 0) is 27.1 Å². The number of aromatic nitrogens is 6. The minimum absolute atomic E-state index is 0.0527. The van der Waals surface area contributed by atoms with E-state index in [-0.39, 0.29) is 27.6 Å². The molecule has 2 aromatic carbocycles. The maximum atomic E-state index is 14.7. The molecule has 0 saturated heterocycles. The van der Waals surface area contributed by atoms with Gasteiger partial charge in [0.1, 0.15) is 5.82 Å². The zero-order valence-electron chi connectivity index (χ0n) is 17.3. The van der Waals surface area contributed by atoms with E-state index in [1.807, 2.05) is 30.3 Å². The normalized spacial score (nSPS) is 11.6. The molecule has 5 aromatic rings. The molecule has 0 aliphatic rings. The van der Waals surface area contributed by atoms with Gasteiger partial charge in [0.15, 0.2) is 17.0 Å². The molecule has 0 N–H and O–H groups in total. The largest absolute Gasteiger partial charge is 0.332 e. The van der Waals surface area contributed by atoms with Crippen molar-refractivity contribution in [2.45, 2.75) is 13.0 Å². The Hall–Kier alpha value is -3.72. The van der Waals surface area contributed by atoms with Gasteiger partial charge in [-0.2, -0.15) is 0 Å². The molecule has 10 heteroatoms. The summed E-state index contributed by atoms with van der Waals surface area (Å²) in [4.78, 5) is 25.9. The van der Waals surface area contributed by atoms with Crippen LogP contribution in [0.25, 0.3) is 28.3 Å². The summed E-state index contributed by atoms with van der Waals surface area (Å²) in [5, 5.41) is 8.59. The van der Waals surface area contributed by atoms with Crippen LogP contribution in [0.15, 0.2) is 58.1 Å². The van der Waals surface area contributed by atoms with E-state index in [4.69, 9.17) is 11.6 Å². The third-order valence-corrected chi connectivity index (χ3v) is 5.95. The standard InChI is InChI=1S/C22H18ClFN6O2/c1-27-19-17(20(31)28(2)22(27)32)29(12-11-13-7-4-3-5-8-13)21-26-25-18(30(19)21)16-14(23)9-6-10-15(16)24/h3-10H,11-12H2,1-2H3. The van der Waals surface area contributed by atoms with Crippen molar-refractivity contribution in [3.8, 4) is 11.4 Å². The molecule has 0 aliphatic carbocycles. The lowest BCUT2D eigenvalue weighted by atomic mass is 10.1. The van der Waals surface area contributed by atoms with E-state index < -0.39 is 17.1 Å². The van der Waals surface area contributed by atoms with Crippen LogP contribution >= 0.6 is 11.6 Å². The first-order valence-electron chi connectivity index (χ1n) is 9.91.